The number of aromatic nitrogens is 3. The summed E-state index contributed by atoms with van der Waals surface area (Å²) in [4.78, 5) is 15.2. The molecule has 3 heteroatoms. The Kier molecular flexibility index (Phi) is 8.52. The molecule has 8 aromatic carbocycles. The van der Waals surface area contributed by atoms with E-state index in [1.807, 2.05) is 36.4 Å². The van der Waals surface area contributed by atoms with Crippen LogP contribution in [0.2, 0.25) is 0 Å². The summed E-state index contributed by atoms with van der Waals surface area (Å²) in [6.45, 7) is 0. The fraction of sp³-hybridized carbons (Fsp3) is 0.0536. The molecule has 0 atom stereocenters. The van der Waals surface area contributed by atoms with Crippen LogP contribution in [0.5, 0.6) is 0 Å². The maximum atomic E-state index is 5.13. The molecule has 0 fully saturated rings. The molecular weight excluding hydrogens is 715 g/mol. The second-order valence-corrected chi connectivity index (χ2v) is 15.4. The maximum Gasteiger partial charge on any atom is 0.164 e. The van der Waals surface area contributed by atoms with E-state index in [1.165, 1.54) is 66.4 Å². The van der Waals surface area contributed by atoms with Gasteiger partial charge in [-0.1, -0.05) is 206 Å². The molecule has 1 aromatic heterocycles. The fourth-order valence-corrected chi connectivity index (χ4v) is 9.55. The van der Waals surface area contributed by atoms with Crippen LogP contribution in [0.4, 0.5) is 0 Å². The second kappa shape index (κ2) is 14.5. The highest BCUT2D eigenvalue weighted by atomic mass is 15.0. The molecule has 0 unspecified atom stereocenters. The van der Waals surface area contributed by atoms with E-state index in [9.17, 15) is 0 Å². The predicted octanol–water partition coefficient (Wildman–Crippen LogP) is 13.6. The quantitative estimate of drug-likeness (QED) is 0.163. The van der Waals surface area contributed by atoms with Crippen LogP contribution in [-0.2, 0) is 5.41 Å². The van der Waals surface area contributed by atoms with Crippen molar-refractivity contribution in [2.75, 3.05) is 0 Å². The summed E-state index contributed by atoms with van der Waals surface area (Å²) in [7, 11) is 0. The Balaban J connectivity index is 1.14. The van der Waals surface area contributed by atoms with Gasteiger partial charge in [0.1, 0.15) is 0 Å². The molecule has 0 radical (unpaired) electrons. The highest BCUT2D eigenvalue weighted by Crippen LogP contribution is 2.59. The van der Waals surface area contributed by atoms with E-state index >= 15 is 0 Å². The lowest BCUT2D eigenvalue weighted by Gasteiger charge is -2.34. The molecule has 59 heavy (non-hydrogen) atoms. The lowest BCUT2D eigenvalue weighted by atomic mass is 9.67. The van der Waals surface area contributed by atoms with Gasteiger partial charge in [0.25, 0.3) is 0 Å². The van der Waals surface area contributed by atoms with E-state index in [2.05, 4.69) is 176 Å². The van der Waals surface area contributed by atoms with Crippen LogP contribution in [0, 0.1) is 0 Å². The molecule has 0 spiro atoms. The maximum absolute atomic E-state index is 5.13. The van der Waals surface area contributed by atoms with Gasteiger partial charge in [-0.2, -0.15) is 0 Å². The number of fused-ring (bicyclic) bond motifs is 4. The summed E-state index contributed by atoms with van der Waals surface area (Å²) in [6, 6.07) is 72.0. The average molecular weight is 754 g/mol. The van der Waals surface area contributed by atoms with E-state index in [1.54, 1.807) is 0 Å². The number of hydrogen-bond donors (Lipinski definition) is 0. The van der Waals surface area contributed by atoms with Crippen LogP contribution in [-0.4, -0.2) is 15.0 Å². The molecule has 0 saturated heterocycles. The molecule has 1 heterocycles. The SMILES string of the molecule is C1=C(c2nc(-c3ccccc3)nc(-c3ccccc3)n2)C=C(c2c(-c3cccc4c3-c3ccccc3C4(c3ccccc3)c3ccccc3)ccc3ccccc23)CC1. The Bertz CT molecular complexity index is 2980. The summed E-state index contributed by atoms with van der Waals surface area (Å²) >= 11 is 0. The van der Waals surface area contributed by atoms with Gasteiger partial charge in [-0.05, 0) is 85.3 Å². The van der Waals surface area contributed by atoms with Gasteiger partial charge in [0, 0.05) is 16.7 Å². The molecule has 0 saturated carbocycles. The van der Waals surface area contributed by atoms with Crippen molar-refractivity contribution in [1.29, 1.82) is 0 Å². The lowest BCUT2D eigenvalue weighted by molar-refractivity contribution is 0.768. The minimum absolute atomic E-state index is 0.479. The Morgan fingerprint density at radius 3 is 1.59 bits per heavy atom. The lowest BCUT2D eigenvalue weighted by Crippen LogP contribution is -2.28. The van der Waals surface area contributed by atoms with E-state index in [0.717, 1.165) is 29.5 Å². The van der Waals surface area contributed by atoms with E-state index < -0.39 is 5.41 Å². The number of rotatable bonds is 7. The normalized spacial score (nSPS) is 14.0. The van der Waals surface area contributed by atoms with Crippen molar-refractivity contribution in [3.8, 4) is 45.0 Å². The zero-order valence-electron chi connectivity index (χ0n) is 32.5. The molecule has 2 aliphatic carbocycles. The first kappa shape index (κ1) is 34.7. The number of allylic oxidation sites excluding steroid dienone is 4. The Morgan fingerprint density at radius 2 is 0.915 bits per heavy atom. The first-order valence-electron chi connectivity index (χ1n) is 20.4. The zero-order chi connectivity index (χ0) is 39.2. The van der Waals surface area contributed by atoms with Crippen molar-refractivity contribution in [2.24, 2.45) is 0 Å². The van der Waals surface area contributed by atoms with Crippen molar-refractivity contribution in [2.45, 2.75) is 18.3 Å². The zero-order valence-corrected chi connectivity index (χ0v) is 32.5. The minimum atomic E-state index is -0.479. The summed E-state index contributed by atoms with van der Waals surface area (Å²) in [5.41, 5.74) is 15.2. The van der Waals surface area contributed by atoms with Gasteiger partial charge in [-0.3, -0.25) is 0 Å². The Hall–Kier alpha value is -7.49. The summed E-state index contributed by atoms with van der Waals surface area (Å²) in [5, 5.41) is 2.46. The molecule has 0 amide bonds. The highest BCUT2D eigenvalue weighted by molar-refractivity contribution is 6.06. The second-order valence-electron chi connectivity index (χ2n) is 15.4. The number of nitrogens with zero attached hydrogens (tertiary/aromatic N) is 3. The van der Waals surface area contributed by atoms with Gasteiger partial charge in [0.15, 0.2) is 17.5 Å². The summed E-state index contributed by atoms with van der Waals surface area (Å²) in [6.07, 6.45) is 6.40. The third kappa shape index (κ3) is 5.77. The van der Waals surface area contributed by atoms with Gasteiger partial charge in [-0.25, -0.2) is 15.0 Å². The first-order valence-corrected chi connectivity index (χ1v) is 20.4. The summed E-state index contributed by atoms with van der Waals surface area (Å²) in [5.74, 6) is 2.02. The fourth-order valence-electron chi connectivity index (χ4n) is 9.55. The van der Waals surface area contributed by atoms with E-state index in [-0.39, 0.29) is 0 Å². The Labute approximate surface area is 344 Å². The van der Waals surface area contributed by atoms with Gasteiger partial charge >= 0.3 is 0 Å². The molecule has 3 nitrogen and oxygen atoms in total. The molecule has 11 rings (SSSR count). The number of hydrogen-bond acceptors (Lipinski definition) is 3. The van der Waals surface area contributed by atoms with Crippen molar-refractivity contribution < 1.29 is 0 Å². The molecule has 2 aliphatic rings. The van der Waals surface area contributed by atoms with Gasteiger partial charge < -0.3 is 0 Å². The minimum Gasteiger partial charge on any atom is -0.208 e. The van der Waals surface area contributed by atoms with E-state index in [4.69, 9.17) is 15.0 Å². The predicted molar refractivity (Wildman–Crippen MR) is 243 cm³/mol. The Morgan fingerprint density at radius 1 is 0.390 bits per heavy atom. The third-order valence-corrected chi connectivity index (χ3v) is 12.1. The smallest absolute Gasteiger partial charge is 0.164 e. The average Bonchev–Trinajstić information content (AvgIpc) is 3.63. The van der Waals surface area contributed by atoms with Crippen LogP contribution in [0.1, 0.15) is 46.5 Å². The van der Waals surface area contributed by atoms with Crippen LogP contribution in [0.15, 0.2) is 212 Å². The molecule has 0 N–H and O–H groups in total. The third-order valence-electron chi connectivity index (χ3n) is 12.1. The van der Waals surface area contributed by atoms with Crippen LogP contribution >= 0.6 is 0 Å². The van der Waals surface area contributed by atoms with Crippen molar-refractivity contribution >= 4 is 21.9 Å². The van der Waals surface area contributed by atoms with Gasteiger partial charge in [0.2, 0.25) is 0 Å². The molecule has 0 bridgehead atoms. The monoisotopic (exact) mass is 753 g/mol. The van der Waals surface area contributed by atoms with Crippen LogP contribution < -0.4 is 0 Å². The molecule has 278 valence electrons. The number of benzene rings is 8. The standard InChI is InChI=1S/C56H39N3/c1-5-20-39(21-6-1)53-57-54(40-22-7-2-8-23-40)59-55(58-53)42-25-17-24-41(37-42)51-45-30-14-13-19-38(45)35-36-47(51)46-32-18-34-50-52(46)48-31-15-16-33-49(48)56(50,43-26-9-3-10-27-43)44-28-11-4-12-29-44/h1-16,18-23,25-37H,17,24H2. The van der Waals surface area contributed by atoms with E-state index in [0.29, 0.717) is 17.5 Å². The van der Waals surface area contributed by atoms with Crippen LogP contribution in [0.25, 0.3) is 66.9 Å². The molecule has 9 aromatic rings. The molecular formula is C56H39N3. The largest absolute Gasteiger partial charge is 0.208 e. The first-order chi connectivity index (χ1) is 29.3. The van der Waals surface area contributed by atoms with Gasteiger partial charge in [-0.15, -0.1) is 0 Å². The van der Waals surface area contributed by atoms with Crippen molar-refractivity contribution in [1.82, 2.24) is 15.0 Å². The van der Waals surface area contributed by atoms with Gasteiger partial charge in [0.05, 0.1) is 5.41 Å². The summed E-state index contributed by atoms with van der Waals surface area (Å²) < 4.78 is 0. The molecule has 0 aliphatic heterocycles. The van der Waals surface area contributed by atoms with Crippen molar-refractivity contribution in [3.05, 3.63) is 246 Å². The topological polar surface area (TPSA) is 38.7 Å². The highest BCUT2D eigenvalue weighted by Gasteiger charge is 2.46. The van der Waals surface area contributed by atoms with Crippen molar-refractivity contribution in [3.63, 3.8) is 0 Å². The van der Waals surface area contributed by atoms with Crippen LogP contribution in [0.3, 0.4) is 0 Å².